The molecule has 1 heterocycles. The SMILES string of the molecule is CCOc1ccccc1CCC(=O)OCc1nc(N)nc(N)n1. The summed E-state index contributed by atoms with van der Waals surface area (Å²) in [7, 11) is 0. The molecule has 0 spiro atoms. The van der Waals surface area contributed by atoms with Crippen LogP contribution in [0.4, 0.5) is 11.9 Å². The topological polar surface area (TPSA) is 126 Å². The Hall–Kier alpha value is -2.90. The van der Waals surface area contributed by atoms with Crippen molar-refractivity contribution in [2.45, 2.75) is 26.4 Å². The number of esters is 1. The number of hydrogen-bond acceptors (Lipinski definition) is 8. The molecule has 2 aromatic rings. The molecule has 1 aromatic carbocycles. The van der Waals surface area contributed by atoms with Crippen LogP contribution >= 0.6 is 0 Å². The number of aryl methyl sites for hydroxylation is 1. The van der Waals surface area contributed by atoms with Crippen molar-refractivity contribution < 1.29 is 14.3 Å². The first-order chi connectivity index (χ1) is 11.1. The average molecular weight is 317 g/mol. The summed E-state index contributed by atoms with van der Waals surface area (Å²) in [6.07, 6.45) is 0.747. The summed E-state index contributed by atoms with van der Waals surface area (Å²) in [6, 6.07) is 7.59. The standard InChI is InChI=1S/C15H19N5O3/c1-2-22-11-6-4-3-5-10(11)7-8-13(21)23-9-12-18-14(16)20-15(17)19-12/h3-6H,2,7-9H2,1H3,(H4,16,17,18,19,20). The third-order valence-electron chi connectivity index (χ3n) is 2.95. The van der Waals surface area contributed by atoms with Crippen LogP contribution in [0, 0.1) is 0 Å². The highest BCUT2D eigenvalue weighted by Gasteiger charge is 2.09. The number of benzene rings is 1. The first-order valence-corrected chi connectivity index (χ1v) is 7.20. The zero-order chi connectivity index (χ0) is 16.7. The zero-order valence-electron chi connectivity index (χ0n) is 12.9. The van der Waals surface area contributed by atoms with E-state index in [2.05, 4.69) is 15.0 Å². The number of nitrogen functional groups attached to an aromatic ring is 2. The molecular formula is C15H19N5O3. The Bertz CT molecular complexity index is 658. The van der Waals surface area contributed by atoms with E-state index in [-0.39, 0.29) is 36.7 Å². The van der Waals surface area contributed by atoms with Gasteiger partial charge < -0.3 is 20.9 Å². The second-order valence-electron chi connectivity index (χ2n) is 4.67. The van der Waals surface area contributed by atoms with E-state index in [0.717, 1.165) is 11.3 Å². The lowest BCUT2D eigenvalue weighted by Gasteiger charge is -2.09. The lowest BCUT2D eigenvalue weighted by Crippen LogP contribution is -2.11. The zero-order valence-corrected chi connectivity index (χ0v) is 12.9. The molecule has 0 saturated carbocycles. The third kappa shape index (κ3) is 5.10. The molecular weight excluding hydrogens is 298 g/mol. The van der Waals surface area contributed by atoms with E-state index in [1.54, 1.807) is 0 Å². The fourth-order valence-corrected chi connectivity index (χ4v) is 1.98. The van der Waals surface area contributed by atoms with Crippen molar-refractivity contribution >= 4 is 17.9 Å². The summed E-state index contributed by atoms with van der Waals surface area (Å²) in [5, 5.41) is 0. The number of carbonyl (C=O) groups excluding carboxylic acids is 1. The summed E-state index contributed by atoms with van der Waals surface area (Å²) >= 11 is 0. The van der Waals surface area contributed by atoms with Crippen LogP contribution in [0.5, 0.6) is 5.75 Å². The van der Waals surface area contributed by atoms with Gasteiger partial charge >= 0.3 is 5.97 Å². The van der Waals surface area contributed by atoms with Crippen molar-refractivity contribution in [3.05, 3.63) is 35.7 Å². The van der Waals surface area contributed by atoms with Crippen LogP contribution in [0.2, 0.25) is 0 Å². The Balaban J connectivity index is 1.86. The quantitative estimate of drug-likeness (QED) is 0.727. The monoisotopic (exact) mass is 317 g/mol. The van der Waals surface area contributed by atoms with Gasteiger partial charge in [-0.25, -0.2) is 0 Å². The average Bonchev–Trinajstić information content (AvgIpc) is 2.51. The number of anilines is 2. The Labute approximate surface area is 133 Å². The molecule has 0 aliphatic heterocycles. The van der Waals surface area contributed by atoms with Gasteiger partial charge in [0.15, 0.2) is 12.4 Å². The maximum atomic E-state index is 11.8. The summed E-state index contributed by atoms with van der Waals surface area (Å²) in [6.45, 7) is 2.39. The van der Waals surface area contributed by atoms with E-state index in [1.807, 2.05) is 31.2 Å². The van der Waals surface area contributed by atoms with E-state index in [9.17, 15) is 4.79 Å². The van der Waals surface area contributed by atoms with Gasteiger partial charge in [-0.1, -0.05) is 18.2 Å². The van der Waals surface area contributed by atoms with Gasteiger partial charge in [0.2, 0.25) is 11.9 Å². The molecule has 8 heteroatoms. The van der Waals surface area contributed by atoms with Crippen molar-refractivity contribution in [1.82, 2.24) is 15.0 Å². The number of ether oxygens (including phenoxy) is 2. The summed E-state index contributed by atoms with van der Waals surface area (Å²) < 4.78 is 10.6. The van der Waals surface area contributed by atoms with Crippen LogP contribution in [-0.4, -0.2) is 27.5 Å². The number of carbonyl (C=O) groups is 1. The largest absolute Gasteiger partial charge is 0.494 e. The smallest absolute Gasteiger partial charge is 0.306 e. The van der Waals surface area contributed by atoms with Gasteiger partial charge in [-0.3, -0.25) is 4.79 Å². The van der Waals surface area contributed by atoms with Crippen molar-refractivity contribution in [1.29, 1.82) is 0 Å². The van der Waals surface area contributed by atoms with Crippen LogP contribution in [0.15, 0.2) is 24.3 Å². The number of nitrogens with two attached hydrogens (primary N) is 2. The molecule has 0 radical (unpaired) electrons. The first kappa shape index (κ1) is 16.5. The fourth-order valence-electron chi connectivity index (χ4n) is 1.98. The van der Waals surface area contributed by atoms with Gasteiger partial charge in [-0.15, -0.1) is 0 Å². The van der Waals surface area contributed by atoms with Gasteiger partial charge in [0.05, 0.1) is 6.61 Å². The molecule has 1 aromatic heterocycles. The maximum Gasteiger partial charge on any atom is 0.306 e. The molecule has 0 aliphatic rings. The predicted octanol–water partition coefficient (Wildman–Crippen LogP) is 1.11. The second-order valence-corrected chi connectivity index (χ2v) is 4.67. The van der Waals surface area contributed by atoms with Crippen LogP contribution in [-0.2, 0) is 22.6 Å². The predicted molar refractivity (Wildman–Crippen MR) is 84.4 cm³/mol. The summed E-state index contributed by atoms with van der Waals surface area (Å²) in [5.41, 5.74) is 11.9. The molecule has 4 N–H and O–H groups in total. The molecule has 0 atom stereocenters. The van der Waals surface area contributed by atoms with E-state index >= 15 is 0 Å². The van der Waals surface area contributed by atoms with E-state index in [4.69, 9.17) is 20.9 Å². The maximum absolute atomic E-state index is 11.8. The van der Waals surface area contributed by atoms with Crippen LogP contribution in [0.3, 0.4) is 0 Å². The molecule has 0 saturated heterocycles. The third-order valence-corrected chi connectivity index (χ3v) is 2.95. The molecule has 2 rings (SSSR count). The molecule has 0 bridgehead atoms. The van der Waals surface area contributed by atoms with Crippen molar-refractivity contribution in [2.75, 3.05) is 18.1 Å². The molecule has 122 valence electrons. The normalized spacial score (nSPS) is 10.3. The van der Waals surface area contributed by atoms with Crippen molar-refractivity contribution in [2.24, 2.45) is 0 Å². The Morgan fingerprint density at radius 1 is 1.13 bits per heavy atom. The number of nitrogens with zero attached hydrogens (tertiary/aromatic N) is 3. The van der Waals surface area contributed by atoms with Crippen molar-refractivity contribution in [3.63, 3.8) is 0 Å². The Kier molecular flexibility index (Phi) is 5.67. The molecule has 8 nitrogen and oxygen atoms in total. The Morgan fingerprint density at radius 2 is 1.83 bits per heavy atom. The van der Waals surface area contributed by atoms with Crippen LogP contribution in [0.25, 0.3) is 0 Å². The van der Waals surface area contributed by atoms with Crippen molar-refractivity contribution in [3.8, 4) is 5.75 Å². The first-order valence-electron chi connectivity index (χ1n) is 7.20. The summed E-state index contributed by atoms with van der Waals surface area (Å²) in [5.74, 6) is 0.621. The molecule has 0 aliphatic carbocycles. The Morgan fingerprint density at radius 3 is 2.52 bits per heavy atom. The molecule has 0 unspecified atom stereocenters. The number of rotatable bonds is 7. The minimum absolute atomic E-state index is 0.00538. The van der Waals surface area contributed by atoms with Gasteiger partial charge in [0.1, 0.15) is 5.75 Å². The summed E-state index contributed by atoms with van der Waals surface area (Å²) in [4.78, 5) is 23.2. The highest BCUT2D eigenvalue weighted by Crippen LogP contribution is 2.19. The van der Waals surface area contributed by atoms with E-state index < -0.39 is 0 Å². The molecule has 0 fully saturated rings. The highest BCUT2D eigenvalue weighted by atomic mass is 16.5. The number of aromatic nitrogens is 3. The van der Waals surface area contributed by atoms with E-state index in [1.165, 1.54) is 0 Å². The minimum atomic E-state index is -0.367. The lowest BCUT2D eigenvalue weighted by atomic mass is 10.1. The van der Waals surface area contributed by atoms with E-state index in [0.29, 0.717) is 13.0 Å². The number of para-hydroxylation sites is 1. The second kappa shape index (κ2) is 7.92. The van der Waals surface area contributed by atoms with Crippen LogP contribution < -0.4 is 16.2 Å². The molecule has 0 amide bonds. The lowest BCUT2D eigenvalue weighted by molar-refractivity contribution is -0.145. The van der Waals surface area contributed by atoms with Crippen LogP contribution in [0.1, 0.15) is 24.7 Å². The number of hydrogen-bond donors (Lipinski definition) is 2. The fraction of sp³-hybridized carbons (Fsp3) is 0.333. The van der Waals surface area contributed by atoms with Gasteiger partial charge in [0.25, 0.3) is 0 Å². The minimum Gasteiger partial charge on any atom is -0.494 e. The van der Waals surface area contributed by atoms with Gasteiger partial charge in [-0.05, 0) is 25.0 Å². The highest BCUT2D eigenvalue weighted by molar-refractivity contribution is 5.69. The van der Waals surface area contributed by atoms with Gasteiger partial charge in [-0.2, -0.15) is 15.0 Å². The molecule has 23 heavy (non-hydrogen) atoms. The van der Waals surface area contributed by atoms with Gasteiger partial charge in [0, 0.05) is 6.42 Å².